The first-order chi connectivity index (χ1) is 8.22. The number of carbonyl (C=O) groups is 1. The van der Waals surface area contributed by atoms with E-state index >= 15 is 0 Å². The Kier molecular flexibility index (Phi) is 7.48. The molecular formula is C14H29NO3. The summed E-state index contributed by atoms with van der Waals surface area (Å²) < 4.78 is 11.5. The highest BCUT2D eigenvalue weighted by molar-refractivity contribution is 5.75. The predicted molar refractivity (Wildman–Crippen MR) is 73.7 cm³/mol. The number of hydrogen-bond acceptors (Lipinski definition) is 3. The maximum atomic E-state index is 11.2. The molecular weight excluding hydrogens is 230 g/mol. The monoisotopic (exact) mass is 259 g/mol. The number of ether oxygens (including phenoxy) is 2. The molecule has 4 nitrogen and oxygen atoms in total. The third kappa shape index (κ3) is 8.48. The maximum Gasteiger partial charge on any atom is 0.219 e. The van der Waals surface area contributed by atoms with Crippen LogP contribution in [-0.4, -0.2) is 37.4 Å². The highest BCUT2D eigenvalue weighted by Gasteiger charge is 2.22. The van der Waals surface area contributed by atoms with Crippen LogP contribution >= 0.6 is 0 Å². The molecule has 0 saturated carbocycles. The molecule has 0 aromatic heterocycles. The molecule has 0 saturated heterocycles. The molecule has 1 N–H and O–H groups in total. The van der Waals surface area contributed by atoms with Crippen LogP contribution in [0.1, 0.15) is 53.9 Å². The molecule has 0 heterocycles. The lowest BCUT2D eigenvalue weighted by atomic mass is 10.0. The van der Waals surface area contributed by atoms with E-state index in [9.17, 15) is 4.79 Å². The number of carbonyl (C=O) groups excluding carboxylic acids is 1. The summed E-state index contributed by atoms with van der Waals surface area (Å²) in [7, 11) is 1.65. The summed E-state index contributed by atoms with van der Waals surface area (Å²) >= 11 is 0. The van der Waals surface area contributed by atoms with E-state index in [1.165, 1.54) is 0 Å². The van der Waals surface area contributed by atoms with E-state index < -0.39 is 0 Å². The fourth-order valence-corrected chi connectivity index (χ4v) is 1.65. The largest absolute Gasteiger partial charge is 0.376 e. The minimum Gasteiger partial charge on any atom is -0.376 e. The lowest BCUT2D eigenvalue weighted by Crippen LogP contribution is -2.32. The second-order valence-electron chi connectivity index (χ2n) is 5.72. The lowest BCUT2D eigenvalue weighted by Gasteiger charge is -2.29. The Balaban J connectivity index is 3.92. The highest BCUT2D eigenvalue weighted by atomic mass is 16.5. The molecule has 0 aliphatic heterocycles. The van der Waals surface area contributed by atoms with Gasteiger partial charge in [0.1, 0.15) is 0 Å². The lowest BCUT2D eigenvalue weighted by molar-refractivity contribution is -0.123. The van der Waals surface area contributed by atoms with Crippen molar-refractivity contribution in [2.75, 3.05) is 20.3 Å². The van der Waals surface area contributed by atoms with Crippen LogP contribution in [0.25, 0.3) is 0 Å². The summed E-state index contributed by atoms with van der Waals surface area (Å²) in [5.41, 5.74) is -0.416. The van der Waals surface area contributed by atoms with Gasteiger partial charge in [0, 0.05) is 20.1 Å². The van der Waals surface area contributed by atoms with E-state index in [0.717, 1.165) is 12.8 Å². The average Bonchev–Trinajstić information content (AvgIpc) is 2.25. The number of amides is 1. The molecule has 0 aliphatic rings. The van der Waals surface area contributed by atoms with E-state index in [1.807, 2.05) is 20.8 Å². The van der Waals surface area contributed by atoms with Gasteiger partial charge in [0.25, 0.3) is 0 Å². The summed E-state index contributed by atoms with van der Waals surface area (Å²) in [4.78, 5) is 11.2. The molecule has 4 heteroatoms. The zero-order valence-electron chi connectivity index (χ0n) is 12.8. The first-order valence-electron chi connectivity index (χ1n) is 6.71. The summed E-state index contributed by atoms with van der Waals surface area (Å²) in [6, 6.07) is 0. The molecule has 0 unspecified atom stereocenters. The van der Waals surface area contributed by atoms with Gasteiger partial charge in [-0.15, -0.1) is 0 Å². The van der Waals surface area contributed by atoms with Gasteiger partial charge in [0.05, 0.1) is 17.8 Å². The zero-order valence-corrected chi connectivity index (χ0v) is 12.8. The van der Waals surface area contributed by atoms with Gasteiger partial charge in [-0.05, 0) is 47.5 Å². The van der Waals surface area contributed by atoms with Gasteiger partial charge in [0.15, 0.2) is 0 Å². The van der Waals surface area contributed by atoms with E-state index in [2.05, 4.69) is 19.2 Å². The molecule has 0 radical (unpaired) electrons. The van der Waals surface area contributed by atoms with Crippen LogP contribution in [0.2, 0.25) is 0 Å². The summed E-state index contributed by atoms with van der Waals surface area (Å²) in [6.45, 7) is 11.5. The van der Waals surface area contributed by atoms with Crippen LogP contribution in [0.3, 0.4) is 0 Å². The summed E-state index contributed by atoms with van der Waals surface area (Å²) in [5, 5.41) is 2.62. The Bertz CT molecular complexity index is 249. The van der Waals surface area contributed by atoms with Crippen LogP contribution in [0.4, 0.5) is 0 Å². The van der Waals surface area contributed by atoms with Gasteiger partial charge >= 0.3 is 0 Å². The van der Waals surface area contributed by atoms with Crippen LogP contribution in [0, 0.1) is 0 Å². The van der Waals surface area contributed by atoms with Gasteiger partial charge in [-0.1, -0.05) is 0 Å². The maximum absolute atomic E-state index is 11.2. The molecule has 0 rings (SSSR count). The van der Waals surface area contributed by atoms with Gasteiger partial charge in [-0.25, -0.2) is 0 Å². The first kappa shape index (κ1) is 17.4. The van der Waals surface area contributed by atoms with Gasteiger partial charge in [-0.3, -0.25) is 4.79 Å². The van der Waals surface area contributed by atoms with Crippen molar-refractivity contribution in [2.24, 2.45) is 0 Å². The van der Waals surface area contributed by atoms with Crippen LogP contribution in [-0.2, 0) is 14.3 Å². The average molecular weight is 259 g/mol. The van der Waals surface area contributed by atoms with Crippen molar-refractivity contribution in [1.29, 1.82) is 0 Å². The minimum absolute atomic E-state index is 0.0568. The Morgan fingerprint density at radius 3 is 2.11 bits per heavy atom. The second-order valence-corrected chi connectivity index (χ2v) is 5.72. The summed E-state index contributed by atoms with van der Waals surface area (Å²) in [6.07, 6.45) is 2.07. The molecule has 0 spiro atoms. The Labute approximate surface area is 111 Å². The van der Waals surface area contributed by atoms with Gasteiger partial charge in [0.2, 0.25) is 5.91 Å². The van der Waals surface area contributed by atoms with E-state index in [1.54, 1.807) is 7.05 Å². The van der Waals surface area contributed by atoms with E-state index in [4.69, 9.17) is 9.47 Å². The molecule has 1 amide bonds. The Morgan fingerprint density at radius 1 is 1.06 bits per heavy atom. The van der Waals surface area contributed by atoms with Crippen LogP contribution in [0.15, 0.2) is 0 Å². The van der Waals surface area contributed by atoms with Crippen molar-refractivity contribution in [3.63, 3.8) is 0 Å². The van der Waals surface area contributed by atoms with E-state index in [0.29, 0.717) is 19.6 Å². The molecule has 18 heavy (non-hydrogen) atoms. The molecule has 0 aromatic carbocycles. The van der Waals surface area contributed by atoms with Gasteiger partial charge < -0.3 is 14.8 Å². The smallest absolute Gasteiger partial charge is 0.219 e. The number of hydrogen-bond donors (Lipinski definition) is 1. The van der Waals surface area contributed by atoms with Crippen LogP contribution in [0.5, 0.6) is 0 Å². The van der Waals surface area contributed by atoms with Crippen molar-refractivity contribution >= 4 is 5.91 Å². The Morgan fingerprint density at radius 2 is 1.61 bits per heavy atom. The fourth-order valence-electron chi connectivity index (χ4n) is 1.65. The van der Waals surface area contributed by atoms with Crippen molar-refractivity contribution in [3.8, 4) is 0 Å². The molecule has 0 fully saturated rings. The number of rotatable bonds is 9. The normalized spacial score (nSPS) is 12.6. The SMILES string of the molecule is CCOC(C)(C)CCOC(C)(C)CCC(=O)NC. The van der Waals surface area contributed by atoms with Crippen LogP contribution < -0.4 is 5.32 Å². The topological polar surface area (TPSA) is 47.6 Å². The van der Waals surface area contributed by atoms with E-state index in [-0.39, 0.29) is 17.1 Å². The molecule has 0 aromatic rings. The van der Waals surface area contributed by atoms with Crippen molar-refractivity contribution in [2.45, 2.75) is 65.1 Å². The fraction of sp³-hybridized carbons (Fsp3) is 0.929. The Hall–Kier alpha value is -0.610. The predicted octanol–water partition coefficient (Wildman–Crippen LogP) is 2.51. The second kappa shape index (κ2) is 7.74. The van der Waals surface area contributed by atoms with Crippen molar-refractivity contribution < 1.29 is 14.3 Å². The van der Waals surface area contributed by atoms with Crippen molar-refractivity contribution in [3.05, 3.63) is 0 Å². The summed E-state index contributed by atoms with van der Waals surface area (Å²) in [5.74, 6) is 0.0568. The standard InChI is InChI=1S/C14H29NO3/c1-7-17-14(4,5)10-11-18-13(2,3)9-8-12(16)15-6/h7-11H2,1-6H3,(H,15,16). The van der Waals surface area contributed by atoms with Crippen molar-refractivity contribution in [1.82, 2.24) is 5.32 Å². The zero-order chi connectivity index (χ0) is 14.2. The first-order valence-corrected chi connectivity index (χ1v) is 6.71. The van der Waals surface area contributed by atoms with Gasteiger partial charge in [-0.2, -0.15) is 0 Å². The molecule has 0 atom stereocenters. The highest BCUT2D eigenvalue weighted by Crippen LogP contribution is 2.20. The molecule has 0 bridgehead atoms. The third-order valence-electron chi connectivity index (χ3n) is 2.96. The molecule has 0 aliphatic carbocycles. The number of nitrogens with one attached hydrogen (secondary N) is 1. The quantitative estimate of drug-likeness (QED) is 0.692. The molecule has 108 valence electrons. The third-order valence-corrected chi connectivity index (χ3v) is 2.96. The minimum atomic E-state index is -0.269.